The summed E-state index contributed by atoms with van der Waals surface area (Å²) in [5, 5.41) is 0.714. The Bertz CT molecular complexity index is 506. The van der Waals surface area contributed by atoms with Gasteiger partial charge in [-0.05, 0) is 37.1 Å². The molecule has 0 N–H and O–H groups in total. The average Bonchev–Trinajstić information content (AvgIpc) is 2.54. The maximum Gasteiger partial charge on any atom is 0.149 e. The monoisotopic (exact) mass is 322 g/mol. The van der Waals surface area contributed by atoms with Crippen molar-refractivity contribution >= 4 is 17.9 Å². The lowest BCUT2D eigenvalue weighted by Gasteiger charge is -2.15. The van der Waals surface area contributed by atoms with Gasteiger partial charge in [0.05, 0.1) is 18.8 Å². The van der Waals surface area contributed by atoms with E-state index in [4.69, 9.17) is 21.1 Å². The van der Waals surface area contributed by atoms with E-state index >= 15 is 0 Å². The van der Waals surface area contributed by atoms with E-state index in [1.165, 1.54) is 0 Å². The molecule has 0 aliphatic heterocycles. The molecule has 3 nitrogen and oxygen atoms in total. The molecule has 0 saturated carbocycles. The van der Waals surface area contributed by atoms with Gasteiger partial charge in [-0.1, -0.05) is 42.8 Å². The molecule has 0 spiro atoms. The first-order valence-electron chi connectivity index (χ1n) is 7.34. The zero-order chi connectivity index (χ0) is 16.4. The van der Waals surface area contributed by atoms with E-state index in [2.05, 4.69) is 6.92 Å². The smallest absolute Gasteiger partial charge is 0.149 e. The number of methoxy groups -OCH3 is 1. The van der Waals surface area contributed by atoms with E-state index < -0.39 is 0 Å². The van der Waals surface area contributed by atoms with E-state index in [0.29, 0.717) is 17.2 Å². The fraction of sp³-hybridized carbons (Fsp3) is 0.389. The quantitative estimate of drug-likeness (QED) is 0.381. The summed E-state index contributed by atoms with van der Waals surface area (Å²) in [5.74, 6) is 0. The third-order valence-corrected chi connectivity index (χ3v) is 3.50. The van der Waals surface area contributed by atoms with Crippen LogP contribution in [0.1, 0.15) is 31.9 Å². The standard InChI is InChI=1S/C18H23ClO3/c1-4-18(16-7-9-17(19)10-8-16)22-11-5-6-15(13-20)12-14(2)21-3/h5-10,12-14,18H,4,11H2,1-3H3/b6-5-,15-12+. The maximum absolute atomic E-state index is 11.0. The van der Waals surface area contributed by atoms with Gasteiger partial charge in [0.25, 0.3) is 0 Å². The second-order valence-corrected chi connectivity index (χ2v) is 5.35. The Labute approximate surface area is 137 Å². The van der Waals surface area contributed by atoms with E-state index in [9.17, 15) is 4.79 Å². The lowest BCUT2D eigenvalue weighted by Crippen LogP contribution is -2.03. The van der Waals surface area contributed by atoms with Crippen molar-refractivity contribution in [3.63, 3.8) is 0 Å². The van der Waals surface area contributed by atoms with Gasteiger partial charge in [-0.25, -0.2) is 0 Å². The summed E-state index contributed by atoms with van der Waals surface area (Å²) < 4.78 is 10.9. The van der Waals surface area contributed by atoms with Gasteiger partial charge in [-0.15, -0.1) is 0 Å². The highest BCUT2D eigenvalue weighted by atomic mass is 35.5. The van der Waals surface area contributed by atoms with Gasteiger partial charge in [0.2, 0.25) is 0 Å². The topological polar surface area (TPSA) is 35.5 Å². The minimum absolute atomic E-state index is 0.0171. The Morgan fingerprint density at radius 3 is 2.55 bits per heavy atom. The molecule has 0 saturated heterocycles. The predicted molar refractivity (Wildman–Crippen MR) is 90.2 cm³/mol. The van der Waals surface area contributed by atoms with Crippen LogP contribution in [0.2, 0.25) is 5.02 Å². The zero-order valence-corrected chi connectivity index (χ0v) is 14.0. The average molecular weight is 323 g/mol. The lowest BCUT2D eigenvalue weighted by molar-refractivity contribution is -0.104. The molecule has 120 valence electrons. The highest BCUT2D eigenvalue weighted by Crippen LogP contribution is 2.22. The maximum atomic E-state index is 11.0. The van der Waals surface area contributed by atoms with Gasteiger partial charge in [-0.2, -0.15) is 0 Å². The van der Waals surface area contributed by atoms with E-state index in [1.54, 1.807) is 19.3 Å². The molecule has 0 heterocycles. The van der Waals surface area contributed by atoms with Gasteiger partial charge in [0, 0.05) is 17.7 Å². The van der Waals surface area contributed by atoms with Crippen molar-refractivity contribution in [2.75, 3.05) is 13.7 Å². The predicted octanol–water partition coefficient (Wildman–Crippen LogP) is 4.52. The first-order valence-corrected chi connectivity index (χ1v) is 7.71. The zero-order valence-electron chi connectivity index (χ0n) is 13.3. The first kappa shape index (κ1) is 18.6. The van der Waals surface area contributed by atoms with E-state index in [0.717, 1.165) is 18.3 Å². The highest BCUT2D eigenvalue weighted by molar-refractivity contribution is 6.30. The van der Waals surface area contributed by atoms with E-state index in [-0.39, 0.29) is 12.2 Å². The summed E-state index contributed by atoms with van der Waals surface area (Å²) in [6.45, 7) is 4.38. The van der Waals surface area contributed by atoms with Crippen LogP contribution in [0.5, 0.6) is 0 Å². The normalized spacial score (nSPS) is 15.0. The molecule has 0 aliphatic carbocycles. The molecule has 0 bridgehead atoms. The lowest BCUT2D eigenvalue weighted by atomic mass is 10.1. The summed E-state index contributed by atoms with van der Waals surface area (Å²) in [6.07, 6.45) is 6.94. The van der Waals surface area contributed by atoms with Crippen LogP contribution >= 0.6 is 11.6 Å². The highest BCUT2D eigenvalue weighted by Gasteiger charge is 2.08. The fourth-order valence-corrected chi connectivity index (χ4v) is 2.08. The summed E-state index contributed by atoms with van der Waals surface area (Å²) in [4.78, 5) is 11.0. The molecule has 0 amide bonds. The molecule has 0 radical (unpaired) electrons. The summed E-state index contributed by atoms with van der Waals surface area (Å²) >= 11 is 5.89. The number of carbonyl (C=O) groups excluding carboxylic acids is 1. The Hall–Kier alpha value is -1.42. The van der Waals surface area contributed by atoms with Crippen molar-refractivity contribution in [2.45, 2.75) is 32.5 Å². The van der Waals surface area contributed by atoms with E-state index in [1.807, 2.05) is 37.3 Å². The number of halogens is 1. The molecule has 22 heavy (non-hydrogen) atoms. The number of aldehydes is 1. The molecule has 1 aromatic carbocycles. The van der Waals surface area contributed by atoms with Crippen LogP contribution in [0.15, 0.2) is 48.1 Å². The van der Waals surface area contributed by atoms with Crippen molar-refractivity contribution in [1.29, 1.82) is 0 Å². The number of allylic oxidation sites excluding steroid dienone is 2. The first-order chi connectivity index (χ1) is 10.6. The molecule has 4 heteroatoms. The van der Waals surface area contributed by atoms with Crippen LogP contribution in [0, 0.1) is 0 Å². The number of hydrogen-bond donors (Lipinski definition) is 0. The molecule has 1 aromatic rings. The fourth-order valence-electron chi connectivity index (χ4n) is 1.96. The molecule has 0 aliphatic rings. The van der Waals surface area contributed by atoms with Gasteiger partial charge in [-0.3, -0.25) is 4.79 Å². The summed E-state index contributed by atoms with van der Waals surface area (Å²) in [7, 11) is 1.61. The largest absolute Gasteiger partial charge is 0.378 e. The second-order valence-electron chi connectivity index (χ2n) is 4.91. The summed E-state index contributed by atoms with van der Waals surface area (Å²) in [5.41, 5.74) is 1.68. The Balaban J connectivity index is 2.56. The third-order valence-electron chi connectivity index (χ3n) is 3.25. The number of carbonyl (C=O) groups is 1. The van der Waals surface area contributed by atoms with Crippen molar-refractivity contribution in [3.8, 4) is 0 Å². The van der Waals surface area contributed by atoms with Crippen molar-refractivity contribution in [3.05, 3.63) is 58.7 Å². The second kappa shape index (κ2) is 10.3. The minimum atomic E-state index is -0.0942. The molecule has 0 fully saturated rings. The van der Waals surface area contributed by atoms with Crippen molar-refractivity contribution < 1.29 is 14.3 Å². The number of ether oxygens (including phenoxy) is 2. The Morgan fingerprint density at radius 1 is 1.32 bits per heavy atom. The molecular weight excluding hydrogens is 300 g/mol. The van der Waals surface area contributed by atoms with Gasteiger partial charge >= 0.3 is 0 Å². The molecule has 0 aromatic heterocycles. The van der Waals surface area contributed by atoms with Crippen molar-refractivity contribution in [1.82, 2.24) is 0 Å². The minimum Gasteiger partial charge on any atom is -0.378 e. The Morgan fingerprint density at radius 2 is 2.00 bits per heavy atom. The molecule has 2 unspecified atom stereocenters. The third kappa shape index (κ3) is 6.56. The van der Waals surface area contributed by atoms with Crippen LogP contribution in [0.25, 0.3) is 0 Å². The van der Waals surface area contributed by atoms with Crippen LogP contribution in [0.3, 0.4) is 0 Å². The Kier molecular flexibility index (Phi) is 8.75. The molecule has 2 atom stereocenters. The SMILES string of the molecule is CCC(OC/C=C\C(C=O)=C/C(C)OC)c1ccc(Cl)cc1. The van der Waals surface area contributed by atoms with Gasteiger partial charge in [0.15, 0.2) is 0 Å². The number of benzene rings is 1. The molecule has 1 rings (SSSR count). The number of hydrogen-bond acceptors (Lipinski definition) is 3. The van der Waals surface area contributed by atoms with Crippen LogP contribution in [-0.2, 0) is 14.3 Å². The molecular formula is C18H23ClO3. The van der Waals surface area contributed by atoms with Crippen LogP contribution < -0.4 is 0 Å². The van der Waals surface area contributed by atoms with Crippen molar-refractivity contribution in [2.24, 2.45) is 0 Å². The number of rotatable bonds is 9. The van der Waals surface area contributed by atoms with Crippen LogP contribution in [0.4, 0.5) is 0 Å². The van der Waals surface area contributed by atoms with Gasteiger partial charge < -0.3 is 9.47 Å². The summed E-state index contributed by atoms with van der Waals surface area (Å²) in [6, 6.07) is 7.66. The van der Waals surface area contributed by atoms with Gasteiger partial charge in [0.1, 0.15) is 6.29 Å². The van der Waals surface area contributed by atoms with Crippen LogP contribution in [-0.4, -0.2) is 26.1 Å².